The summed E-state index contributed by atoms with van der Waals surface area (Å²) in [5.41, 5.74) is 1.10. The molecule has 3 N–H and O–H groups in total. The van der Waals surface area contributed by atoms with Crippen molar-refractivity contribution in [2.75, 3.05) is 26.2 Å². The van der Waals surface area contributed by atoms with E-state index in [0.29, 0.717) is 12.2 Å². The molecule has 0 radical (unpaired) electrons. The highest BCUT2D eigenvalue weighted by Crippen LogP contribution is 2.42. The van der Waals surface area contributed by atoms with E-state index in [1.807, 2.05) is 4.90 Å². The summed E-state index contributed by atoms with van der Waals surface area (Å²) in [6.07, 6.45) is 2.70. The molecular weight excluding hydrogens is 406 g/mol. The molecule has 0 unspecified atom stereocenters. The zero-order valence-electron chi connectivity index (χ0n) is 16.7. The molecule has 8 nitrogen and oxygen atoms in total. The van der Waals surface area contributed by atoms with Crippen LogP contribution in [0.2, 0.25) is 0 Å². The summed E-state index contributed by atoms with van der Waals surface area (Å²) < 4.78 is 0. The van der Waals surface area contributed by atoms with E-state index in [1.165, 1.54) is 11.6 Å². The van der Waals surface area contributed by atoms with Gasteiger partial charge in [0.05, 0.1) is 12.6 Å². The van der Waals surface area contributed by atoms with Crippen molar-refractivity contribution in [1.82, 2.24) is 14.8 Å². The van der Waals surface area contributed by atoms with Gasteiger partial charge in [-0.1, -0.05) is 6.07 Å². The van der Waals surface area contributed by atoms with Crippen molar-refractivity contribution in [2.24, 2.45) is 5.41 Å². The number of H-pyrrole nitrogens is 1. The molecule has 162 valence electrons. The first-order valence-electron chi connectivity index (χ1n) is 9.95. The average Bonchev–Trinajstić information content (AvgIpc) is 3.26. The average molecular weight is 434 g/mol. The number of likely N-dealkylation sites (tertiary alicyclic amines) is 2. The molecule has 2 saturated heterocycles. The fourth-order valence-electron chi connectivity index (χ4n) is 4.57. The minimum atomic E-state index is -0.269. The Hall–Kier alpha value is -2.49. The first-order chi connectivity index (χ1) is 14.5. The number of nitrogens with zero attached hydrogens (tertiary/aromatic N) is 2. The minimum Gasteiger partial charge on any atom is -0.483 e. The number of amides is 1. The smallest absolute Gasteiger partial charge is 0.290 e. The normalized spacial score (nSPS) is 23.8. The van der Waals surface area contributed by atoms with Gasteiger partial charge in [-0.05, 0) is 54.3 Å². The summed E-state index contributed by atoms with van der Waals surface area (Å²) in [4.78, 5) is 40.1. The lowest BCUT2D eigenvalue weighted by Gasteiger charge is -2.54. The number of aromatic nitrogens is 1. The van der Waals surface area contributed by atoms with Gasteiger partial charge in [0.25, 0.3) is 12.4 Å². The number of pyridine rings is 1. The Bertz CT molecular complexity index is 900. The van der Waals surface area contributed by atoms with E-state index >= 15 is 0 Å². The molecule has 30 heavy (non-hydrogen) atoms. The molecule has 0 bridgehead atoms. The van der Waals surface area contributed by atoms with E-state index in [4.69, 9.17) is 9.90 Å². The number of fused-ring (bicyclic) bond motifs is 1. The number of aromatic amines is 1. The van der Waals surface area contributed by atoms with Crippen LogP contribution in [-0.2, 0) is 11.3 Å². The third-order valence-corrected chi connectivity index (χ3v) is 6.81. The van der Waals surface area contributed by atoms with E-state index < -0.39 is 0 Å². The van der Waals surface area contributed by atoms with Crippen molar-refractivity contribution < 1.29 is 19.8 Å². The number of aliphatic hydroxyl groups is 1. The third kappa shape index (κ3) is 4.80. The molecule has 0 saturated carbocycles. The summed E-state index contributed by atoms with van der Waals surface area (Å²) in [6.45, 7) is 3.05. The highest BCUT2D eigenvalue weighted by molar-refractivity contribution is 7.07. The molecule has 2 aromatic rings. The van der Waals surface area contributed by atoms with Crippen LogP contribution in [0.15, 0.2) is 39.8 Å². The van der Waals surface area contributed by atoms with Gasteiger partial charge in [0.15, 0.2) is 0 Å². The van der Waals surface area contributed by atoms with Crippen LogP contribution in [0, 0.1) is 5.41 Å². The van der Waals surface area contributed by atoms with Crippen LogP contribution in [-0.4, -0.2) is 69.7 Å². The Kier molecular flexibility index (Phi) is 7.41. The molecule has 0 aromatic carbocycles. The van der Waals surface area contributed by atoms with Crippen LogP contribution in [0.5, 0.6) is 0 Å². The Morgan fingerprint density at radius 3 is 2.77 bits per heavy atom. The van der Waals surface area contributed by atoms with E-state index in [0.717, 1.165) is 38.9 Å². The van der Waals surface area contributed by atoms with E-state index in [1.54, 1.807) is 23.5 Å². The van der Waals surface area contributed by atoms with E-state index in [2.05, 4.69) is 26.7 Å². The maximum Gasteiger partial charge on any atom is 0.290 e. The number of piperidine rings is 2. The maximum absolute atomic E-state index is 13.1. The van der Waals surface area contributed by atoms with Gasteiger partial charge in [0.1, 0.15) is 5.69 Å². The zero-order chi connectivity index (χ0) is 21.6. The van der Waals surface area contributed by atoms with Gasteiger partial charge >= 0.3 is 0 Å². The van der Waals surface area contributed by atoms with Crippen LogP contribution in [0.1, 0.15) is 35.3 Å². The second kappa shape index (κ2) is 10.0. The first-order valence-corrected chi connectivity index (χ1v) is 10.9. The summed E-state index contributed by atoms with van der Waals surface area (Å²) >= 11 is 1.69. The van der Waals surface area contributed by atoms with Gasteiger partial charge in [0, 0.05) is 31.1 Å². The Morgan fingerprint density at radius 1 is 1.30 bits per heavy atom. The highest BCUT2D eigenvalue weighted by Gasteiger charge is 2.49. The quantitative estimate of drug-likeness (QED) is 0.632. The van der Waals surface area contributed by atoms with Crippen LogP contribution in [0.25, 0.3) is 0 Å². The van der Waals surface area contributed by atoms with Gasteiger partial charge < -0.3 is 20.1 Å². The number of thiophene rings is 1. The largest absolute Gasteiger partial charge is 0.483 e. The summed E-state index contributed by atoms with van der Waals surface area (Å²) in [6, 6.07) is 6.77. The fourth-order valence-corrected chi connectivity index (χ4v) is 5.23. The van der Waals surface area contributed by atoms with Gasteiger partial charge in [-0.15, -0.1) is 0 Å². The molecule has 4 heterocycles. The number of hydrogen-bond acceptors (Lipinski definition) is 6. The first kappa shape index (κ1) is 22.2. The molecule has 2 aliphatic heterocycles. The molecule has 2 aromatic heterocycles. The van der Waals surface area contributed by atoms with Crippen molar-refractivity contribution in [3.8, 4) is 0 Å². The van der Waals surface area contributed by atoms with Crippen LogP contribution >= 0.6 is 11.3 Å². The third-order valence-electron chi connectivity index (χ3n) is 6.07. The van der Waals surface area contributed by atoms with Gasteiger partial charge in [-0.25, -0.2) is 0 Å². The number of rotatable bonds is 4. The predicted octanol–water partition coefficient (Wildman–Crippen LogP) is 1.63. The number of carboxylic acid groups (broad SMARTS) is 1. The van der Waals surface area contributed by atoms with Crippen molar-refractivity contribution in [3.05, 3.63) is 56.6 Å². The van der Waals surface area contributed by atoms with Crippen LogP contribution < -0.4 is 5.56 Å². The summed E-state index contributed by atoms with van der Waals surface area (Å²) in [5, 5.41) is 21.4. The van der Waals surface area contributed by atoms with Crippen molar-refractivity contribution in [3.63, 3.8) is 0 Å². The van der Waals surface area contributed by atoms with Gasteiger partial charge in [0.2, 0.25) is 5.56 Å². The molecule has 0 spiro atoms. The molecule has 0 aliphatic carbocycles. The maximum atomic E-state index is 13.1. The number of hydrogen-bond donors (Lipinski definition) is 3. The number of nitrogens with one attached hydrogen (secondary N) is 1. The minimum absolute atomic E-state index is 0.0418. The lowest BCUT2D eigenvalue weighted by Crippen LogP contribution is -2.63. The standard InChI is InChI=1S/C20H25N3O3S.CH2O2/c24-14-20-6-2-8-23(19(26)16-3-1-4-18(25)21-16)17(20)12-22(9-7-20)11-15-5-10-27-13-15;2-1-3/h1,3-5,10,13,17,24H,2,6-9,11-12,14H2,(H,21,25);1H,(H,2,3)/t17-,20-;/m1./s1. The Morgan fingerprint density at radius 2 is 2.10 bits per heavy atom. The highest BCUT2D eigenvalue weighted by atomic mass is 32.1. The van der Waals surface area contributed by atoms with Crippen molar-refractivity contribution >= 4 is 23.7 Å². The lowest BCUT2D eigenvalue weighted by molar-refractivity contribution is -0.122. The van der Waals surface area contributed by atoms with Crippen molar-refractivity contribution in [2.45, 2.75) is 31.8 Å². The van der Waals surface area contributed by atoms with Gasteiger partial charge in [-0.3, -0.25) is 19.3 Å². The topological polar surface area (TPSA) is 114 Å². The number of carbonyl (C=O) groups is 2. The molecule has 9 heteroatoms. The number of aliphatic hydroxyl groups excluding tert-OH is 1. The Labute approximate surface area is 178 Å². The molecular formula is C21H27N3O5S. The summed E-state index contributed by atoms with van der Waals surface area (Å²) in [7, 11) is 0. The second-order valence-corrected chi connectivity index (χ2v) is 8.57. The Balaban J connectivity index is 0.000000806. The van der Waals surface area contributed by atoms with E-state index in [-0.39, 0.29) is 36.0 Å². The van der Waals surface area contributed by atoms with Gasteiger partial charge in [-0.2, -0.15) is 11.3 Å². The number of carbonyl (C=O) groups excluding carboxylic acids is 1. The van der Waals surface area contributed by atoms with Crippen LogP contribution in [0.4, 0.5) is 0 Å². The molecule has 2 fully saturated rings. The SMILES string of the molecule is O=C(c1cccc(=O)[nH]1)N1CCC[C@]2(CO)CCN(Cc3ccsc3)C[C@@H]12.O=CO. The van der Waals surface area contributed by atoms with Crippen LogP contribution in [0.3, 0.4) is 0 Å². The molecule has 2 atom stereocenters. The molecule has 4 rings (SSSR count). The van der Waals surface area contributed by atoms with E-state index in [9.17, 15) is 14.7 Å². The monoisotopic (exact) mass is 433 g/mol. The zero-order valence-corrected chi connectivity index (χ0v) is 17.5. The predicted molar refractivity (Wildman–Crippen MR) is 114 cm³/mol. The second-order valence-electron chi connectivity index (χ2n) is 7.79. The molecule has 1 amide bonds. The summed E-state index contributed by atoms with van der Waals surface area (Å²) in [5.74, 6) is -0.146. The fraction of sp³-hybridized carbons (Fsp3) is 0.476. The van der Waals surface area contributed by atoms with Crippen molar-refractivity contribution in [1.29, 1.82) is 0 Å². The molecule has 2 aliphatic rings. The lowest BCUT2D eigenvalue weighted by atomic mass is 9.68.